The first-order valence-corrected chi connectivity index (χ1v) is 8.56. The smallest absolute Gasteiger partial charge is 0.0859 e. The molecule has 1 heterocycles. The van der Waals surface area contributed by atoms with Crippen molar-refractivity contribution in [1.29, 1.82) is 0 Å². The van der Waals surface area contributed by atoms with E-state index in [4.69, 9.17) is 17.3 Å². The van der Waals surface area contributed by atoms with Gasteiger partial charge in [0.2, 0.25) is 0 Å². The molecule has 0 radical (unpaired) electrons. The highest BCUT2D eigenvalue weighted by Gasteiger charge is 2.17. The number of nitrogens with two attached hydrogens (primary N) is 1. The van der Waals surface area contributed by atoms with Gasteiger partial charge in [0.05, 0.1) is 37.9 Å². The average Bonchev–Trinajstić information content (AvgIpc) is 2.66. The molecule has 2 rings (SSSR count). The molecular formula is C13H15BrClN3OS. The fourth-order valence-corrected chi connectivity index (χ4v) is 4.00. The Morgan fingerprint density at radius 3 is 2.75 bits per heavy atom. The lowest BCUT2D eigenvalue weighted by Gasteiger charge is -2.07. The van der Waals surface area contributed by atoms with Crippen LogP contribution in [0.3, 0.4) is 0 Å². The zero-order valence-corrected chi connectivity index (χ0v) is 14.3. The summed E-state index contributed by atoms with van der Waals surface area (Å²) in [7, 11) is 0.554. The Hall–Kier alpha value is -0.850. The van der Waals surface area contributed by atoms with Crippen molar-refractivity contribution in [3.8, 4) is 0 Å². The number of benzene rings is 1. The fourth-order valence-electron chi connectivity index (χ4n) is 1.91. The van der Waals surface area contributed by atoms with Crippen molar-refractivity contribution in [1.82, 2.24) is 9.78 Å². The minimum absolute atomic E-state index is 0.300. The normalized spacial score (nSPS) is 12.6. The molecule has 20 heavy (non-hydrogen) atoms. The Kier molecular flexibility index (Phi) is 4.88. The van der Waals surface area contributed by atoms with Gasteiger partial charge < -0.3 is 5.73 Å². The molecule has 0 amide bonds. The molecule has 1 aromatic heterocycles. The van der Waals surface area contributed by atoms with Gasteiger partial charge in [-0.05, 0) is 24.6 Å². The van der Waals surface area contributed by atoms with Gasteiger partial charge in [0.25, 0.3) is 0 Å². The Morgan fingerprint density at radius 1 is 1.50 bits per heavy atom. The lowest BCUT2D eigenvalue weighted by Crippen LogP contribution is -2.05. The maximum atomic E-state index is 12.5. The molecule has 108 valence electrons. The maximum Gasteiger partial charge on any atom is 0.0859 e. The summed E-state index contributed by atoms with van der Waals surface area (Å²) in [5, 5.41) is 4.92. The zero-order chi connectivity index (χ0) is 14.9. The molecule has 0 aliphatic rings. The number of nitrogens with zero attached hydrogens (tertiary/aromatic N) is 2. The van der Waals surface area contributed by atoms with Crippen molar-refractivity contribution >= 4 is 44.0 Å². The van der Waals surface area contributed by atoms with E-state index in [1.165, 1.54) is 0 Å². The fraction of sp³-hybridized carbons (Fsp3) is 0.308. The number of aromatic nitrogens is 2. The van der Waals surface area contributed by atoms with E-state index in [-0.39, 0.29) is 0 Å². The van der Waals surface area contributed by atoms with Crippen molar-refractivity contribution in [3.63, 3.8) is 0 Å². The van der Waals surface area contributed by atoms with E-state index in [0.717, 1.165) is 22.3 Å². The lowest BCUT2D eigenvalue weighted by atomic mass is 10.3. The number of hydrogen-bond donors (Lipinski definition) is 1. The average molecular weight is 377 g/mol. The molecule has 0 fully saturated rings. The summed E-state index contributed by atoms with van der Waals surface area (Å²) in [5.74, 6) is 0.300. The first-order chi connectivity index (χ1) is 9.43. The van der Waals surface area contributed by atoms with E-state index in [2.05, 4.69) is 21.0 Å². The highest BCUT2D eigenvalue weighted by Crippen LogP contribution is 2.27. The molecule has 4 nitrogen and oxygen atoms in total. The van der Waals surface area contributed by atoms with Crippen LogP contribution in [0.2, 0.25) is 5.02 Å². The summed E-state index contributed by atoms with van der Waals surface area (Å²) in [6.07, 6.45) is 0.750. The van der Waals surface area contributed by atoms with Gasteiger partial charge >= 0.3 is 0 Å². The zero-order valence-electron chi connectivity index (χ0n) is 11.2. The summed E-state index contributed by atoms with van der Waals surface area (Å²) in [6, 6.07) is 5.34. The molecule has 1 atom stereocenters. The number of anilines is 1. The summed E-state index contributed by atoms with van der Waals surface area (Å²) in [4.78, 5) is 0.614. The van der Waals surface area contributed by atoms with Gasteiger partial charge in [-0.3, -0.25) is 8.89 Å². The Bertz CT molecular complexity index is 672. The van der Waals surface area contributed by atoms with Gasteiger partial charge in [0, 0.05) is 17.2 Å². The van der Waals surface area contributed by atoms with E-state index in [0.29, 0.717) is 21.4 Å². The first kappa shape index (κ1) is 15.5. The summed E-state index contributed by atoms with van der Waals surface area (Å²) < 4.78 is 15.0. The molecule has 0 saturated heterocycles. The van der Waals surface area contributed by atoms with Crippen molar-refractivity contribution < 1.29 is 4.21 Å². The molecular weight excluding hydrogens is 362 g/mol. The van der Waals surface area contributed by atoms with Crippen LogP contribution >= 0.6 is 27.5 Å². The third-order valence-electron chi connectivity index (χ3n) is 2.99. The van der Waals surface area contributed by atoms with E-state index in [1.54, 1.807) is 16.8 Å². The molecule has 1 aromatic carbocycles. The number of rotatable bonds is 4. The second-order valence-electron chi connectivity index (χ2n) is 4.36. The molecule has 0 saturated carbocycles. The van der Waals surface area contributed by atoms with Gasteiger partial charge in [-0.25, -0.2) is 0 Å². The van der Waals surface area contributed by atoms with Gasteiger partial charge in [-0.2, -0.15) is 5.10 Å². The van der Waals surface area contributed by atoms with E-state index < -0.39 is 10.8 Å². The van der Waals surface area contributed by atoms with E-state index in [1.807, 2.05) is 20.0 Å². The lowest BCUT2D eigenvalue weighted by molar-refractivity contribution is 0.675. The number of hydrogen-bond acceptors (Lipinski definition) is 3. The van der Waals surface area contributed by atoms with Gasteiger partial charge in [-0.15, -0.1) is 0 Å². The number of nitrogen functional groups attached to an aromatic ring is 1. The minimum atomic E-state index is -1.25. The van der Waals surface area contributed by atoms with Crippen LogP contribution in [0.5, 0.6) is 0 Å². The third-order valence-corrected chi connectivity index (χ3v) is 5.32. The standard InChI is InChI=1S/C13H15BrClN3OS/c1-3-10-13(15)11(18(2)17-10)7-20(19)12-5-4-8(14)6-9(12)16/h4-6H,3,7,16H2,1-2H3. The summed E-state index contributed by atoms with van der Waals surface area (Å²) >= 11 is 9.60. The summed E-state index contributed by atoms with van der Waals surface area (Å²) in [6.45, 7) is 1.99. The molecule has 1 unspecified atom stereocenters. The van der Waals surface area contributed by atoms with Crippen LogP contribution in [0, 0.1) is 0 Å². The Balaban J connectivity index is 2.30. The second-order valence-corrected chi connectivity index (χ2v) is 7.07. The maximum absolute atomic E-state index is 12.5. The molecule has 0 spiro atoms. The second kappa shape index (κ2) is 6.28. The van der Waals surface area contributed by atoms with Crippen molar-refractivity contribution in [2.24, 2.45) is 7.05 Å². The quantitative estimate of drug-likeness (QED) is 0.833. The molecule has 0 aliphatic heterocycles. The molecule has 0 bridgehead atoms. The molecule has 7 heteroatoms. The van der Waals surface area contributed by atoms with Crippen LogP contribution < -0.4 is 5.73 Å². The van der Waals surface area contributed by atoms with Crippen molar-refractivity contribution in [3.05, 3.63) is 39.1 Å². The van der Waals surface area contributed by atoms with Crippen LogP contribution in [0.25, 0.3) is 0 Å². The molecule has 2 aromatic rings. The van der Waals surface area contributed by atoms with E-state index in [9.17, 15) is 4.21 Å². The minimum Gasteiger partial charge on any atom is -0.398 e. The number of halogens is 2. The van der Waals surface area contributed by atoms with Gasteiger partial charge in [0.1, 0.15) is 0 Å². The summed E-state index contributed by atoms with van der Waals surface area (Å²) in [5.41, 5.74) is 8.00. The van der Waals surface area contributed by atoms with Gasteiger partial charge in [-0.1, -0.05) is 34.5 Å². The third kappa shape index (κ3) is 3.07. The monoisotopic (exact) mass is 375 g/mol. The molecule has 0 aliphatic carbocycles. The Labute approximate surface area is 133 Å². The van der Waals surface area contributed by atoms with Crippen molar-refractivity contribution in [2.75, 3.05) is 5.73 Å². The first-order valence-electron chi connectivity index (χ1n) is 6.07. The van der Waals surface area contributed by atoms with Crippen molar-refractivity contribution in [2.45, 2.75) is 24.0 Å². The largest absolute Gasteiger partial charge is 0.398 e. The Morgan fingerprint density at radius 2 is 2.20 bits per heavy atom. The topological polar surface area (TPSA) is 60.9 Å². The van der Waals surface area contributed by atoms with E-state index >= 15 is 0 Å². The van der Waals surface area contributed by atoms with Crippen LogP contribution in [0.4, 0.5) is 5.69 Å². The van der Waals surface area contributed by atoms with Crippen LogP contribution in [-0.4, -0.2) is 14.0 Å². The number of aryl methyl sites for hydroxylation is 2. The predicted octanol–water partition coefficient (Wildman–Crippen LogP) is 3.29. The highest BCUT2D eigenvalue weighted by molar-refractivity contribution is 9.10. The van der Waals surface area contributed by atoms with Crippen LogP contribution in [0.1, 0.15) is 18.3 Å². The highest BCUT2D eigenvalue weighted by atomic mass is 79.9. The van der Waals surface area contributed by atoms with Crippen LogP contribution in [0.15, 0.2) is 27.6 Å². The van der Waals surface area contributed by atoms with Gasteiger partial charge in [0.15, 0.2) is 0 Å². The van der Waals surface area contributed by atoms with Crippen LogP contribution in [-0.2, 0) is 30.0 Å². The predicted molar refractivity (Wildman–Crippen MR) is 86.3 cm³/mol. The SMILES string of the molecule is CCc1nn(C)c(CS(=O)c2ccc(Br)cc2N)c1Cl. The molecule has 2 N–H and O–H groups in total.